The zero-order valence-electron chi connectivity index (χ0n) is 20.1. The molecule has 0 atom stereocenters. The van der Waals surface area contributed by atoms with E-state index in [1.54, 1.807) is 14.2 Å². The quantitative estimate of drug-likeness (QED) is 0.393. The number of methoxy groups -OCH3 is 2. The minimum absolute atomic E-state index is 0.0993. The third kappa shape index (κ3) is 5.19. The molecule has 2 aromatic carbocycles. The van der Waals surface area contributed by atoms with Gasteiger partial charge in [-0.1, -0.05) is 25.0 Å². The van der Waals surface area contributed by atoms with Crippen molar-refractivity contribution in [2.24, 2.45) is 0 Å². The van der Waals surface area contributed by atoms with E-state index in [9.17, 15) is 4.79 Å². The maximum absolute atomic E-state index is 13.0. The molecule has 2 aromatic heterocycles. The van der Waals surface area contributed by atoms with Crippen molar-refractivity contribution in [1.29, 1.82) is 0 Å². The molecule has 4 aromatic rings. The Balaban J connectivity index is 1.45. The fourth-order valence-corrected chi connectivity index (χ4v) is 4.82. The van der Waals surface area contributed by atoms with Gasteiger partial charge in [-0.05, 0) is 65.2 Å². The van der Waals surface area contributed by atoms with Crippen molar-refractivity contribution >= 4 is 10.9 Å². The van der Waals surface area contributed by atoms with Gasteiger partial charge in [0.05, 0.1) is 26.8 Å². The Morgan fingerprint density at radius 2 is 1.71 bits per heavy atom. The second-order valence-electron chi connectivity index (χ2n) is 9.05. The van der Waals surface area contributed by atoms with Crippen LogP contribution in [0.3, 0.4) is 0 Å². The van der Waals surface area contributed by atoms with Crippen molar-refractivity contribution in [3.8, 4) is 11.5 Å². The fourth-order valence-electron chi connectivity index (χ4n) is 4.82. The molecule has 1 fully saturated rings. The van der Waals surface area contributed by atoms with Crippen LogP contribution in [0.4, 0.5) is 0 Å². The number of pyridine rings is 1. The number of H-pyrrole nitrogens is 1. The molecule has 0 unspecified atom stereocenters. The number of aromatic amines is 1. The number of nitrogens with one attached hydrogen (secondary N) is 1. The first-order valence-corrected chi connectivity index (χ1v) is 11.9. The third-order valence-electron chi connectivity index (χ3n) is 6.68. The minimum Gasteiger partial charge on any atom is -0.497 e. The van der Waals surface area contributed by atoms with Gasteiger partial charge in [0, 0.05) is 29.6 Å². The van der Waals surface area contributed by atoms with Gasteiger partial charge < -0.3 is 14.5 Å². The van der Waals surface area contributed by atoms with E-state index in [2.05, 4.69) is 25.4 Å². The highest BCUT2D eigenvalue weighted by Gasteiger charge is 2.23. The Labute approximate surface area is 203 Å². The van der Waals surface area contributed by atoms with E-state index in [1.165, 1.54) is 12.8 Å². The van der Waals surface area contributed by atoms with Gasteiger partial charge in [-0.2, -0.15) is 0 Å². The van der Waals surface area contributed by atoms with Crippen LogP contribution in [0, 0.1) is 0 Å². The molecule has 9 nitrogen and oxygen atoms in total. The summed E-state index contributed by atoms with van der Waals surface area (Å²) in [5.74, 6) is 2.39. The van der Waals surface area contributed by atoms with Crippen LogP contribution in [0.2, 0.25) is 0 Å². The Hall–Kier alpha value is -3.72. The van der Waals surface area contributed by atoms with Crippen molar-refractivity contribution in [3.05, 3.63) is 75.8 Å². The Morgan fingerprint density at radius 3 is 2.46 bits per heavy atom. The van der Waals surface area contributed by atoms with Crippen LogP contribution < -0.4 is 15.0 Å². The van der Waals surface area contributed by atoms with E-state index in [-0.39, 0.29) is 5.56 Å². The smallest absolute Gasteiger partial charge is 0.252 e. The number of hydrogen-bond donors (Lipinski definition) is 1. The molecule has 9 heteroatoms. The van der Waals surface area contributed by atoms with Crippen LogP contribution in [0.25, 0.3) is 10.9 Å². The predicted molar refractivity (Wildman–Crippen MR) is 132 cm³/mol. The second-order valence-corrected chi connectivity index (χ2v) is 9.05. The topological polar surface area (TPSA) is 98.2 Å². The van der Waals surface area contributed by atoms with Gasteiger partial charge in [0.1, 0.15) is 11.5 Å². The first kappa shape index (κ1) is 23.0. The standard InChI is InChI=1S/C26H30N6O3/c1-34-22-9-7-18(8-10-22)15-31(17-25-28-29-30-32(25)21-5-3-4-6-21)16-20-13-19-14-23(35-2)11-12-24(19)27-26(20)33/h7-14,21H,3-6,15-17H2,1-2H3,(H,27,33). The normalized spacial score (nSPS) is 14.1. The van der Waals surface area contributed by atoms with Crippen molar-refractivity contribution < 1.29 is 9.47 Å². The Kier molecular flexibility index (Phi) is 6.76. The maximum Gasteiger partial charge on any atom is 0.252 e. The number of aromatic nitrogens is 5. The number of rotatable bonds is 9. The summed E-state index contributed by atoms with van der Waals surface area (Å²) in [4.78, 5) is 18.2. The molecule has 0 saturated heterocycles. The number of hydrogen-bond acceptors (Lipinski definition) is 7. The number of ether oxygens (including phenoxy) is 2. The lowest BCUT2D eigenvalue weighted by molar-refractivity contribution is 0.231. The summed E-state index contributed by atoms with van der Waals surface area (Å²) in [6.45, 7) is 1.62. The molecule has 1 saturated carbocycles. The number of tetrazole rings is 1. The van der Waals surface area contributed by atoms with Crippen molar-refractivity contribution in [2.75, 3.05) is 14.2 Å². The molecule has 0 spiro atoms. The Bertz CT molecular complexity index is 1340. The second kappa shape index (κ2) is 10.3. The first-order valence-electron chi connectivity index (χ1n) is 11.9. The molecule has 5 rings (SSSR count). The van der Waals surface area contributed by atoms with Gasteiger partial charge in [-0.15, -0.1) is 5.10 Å². The summed E-state index contributed by atoms with van der Waals surface area (Å²) in [6, 6.07) is 15.9. The van der Waals surface area contributed by atoms with Gasteiger partial charge >= 0.3 is 0 Å². The van der Waals surface area contributed by atoms with Crippen LogP contribution in [0.1, 0.15) is 48.7 Å². The van der Waals surface area contributed by atoms with Crippen molar-refractivity contribution in [1.82, 2.24) is 30.1 Å². The third-order valence-corrected chi connectivity index (χ3v) is 6.68. The van der Waals surface area contributed by atoms with Gasteiger partial charge in [0.25, 0.3) is 5.56 Å². The first-order chi connectivity index (χ1) is 17.1. The van der Waals surface area contributed by atoms with Crippen molar-refractivity contribution in [2.45, 2.75) is 51.4 Å². The lowest BCUT2D eigenvalue weighted by Gasteiger charge is -2.23. The van der Waals surface area contributed by atoms with E-state index in [0.29, 0.717) is 31.2 Å². The number of fused-ring (bicyclic) bond motifs is 1. The highest BCUT2D eigenvalue weighted by Crippen LogP contribution is 2.29. The van der Waals surface area contributed by atoms with Crippen LogP contribution >= 0.6 is 0 Å². The molecular weight excluding hydrogens is 444 g/mol. The molecule has 1 N–H and O–H groups in total. The molecule has 1 aliphatic carbocycles. The van der Waals surface area contributed by atoms with E-state index in [0.717, 1.165) is 46.6 Å². The fraction of sp³-hybridized carbons (Fsp3) is 0.385. The molecule has 0 amide bonds. The zero-order valence-corrected chi connectivity index (χ0v) is 20.1. The minimum atomic E-state index is -0.0993. The average Bonchev–Trinajstić information content (AvgIpc) is 3.57. The van der Waals surface area contributed by atoms with Gasteiger partial charge in [-0.3, -0.25) is 9.69 Å². The number of benzene rings is 2. The van der Waals surface area contributed by atoms with Crippen LogP contribution in [-0.2, 0) is 19.6 Å². The van der Waals surface area contributed by atoms with Gasteiger partial charge in [0.15, 0.2) is 5.82 Å². The summed E-state index contributed by atoms with van der Waals surface area (Å²) < 4.78 is 12.6. The summed E-state index contributed by atoms with van der Waals surface area (Å²) >= 11 is 0. The number of nitrogens with zero attached hydrogens (tertiary/aromatic N) is 5. The molecule has 0 radical (unpaired) electrons. The molecule has 0 aliphatic heterocycles. The Morgan fingerprint density at radius 1 is 0.971 bits per heavy atom. The van der Waals surface area contributed by atoms with Crippen LogP contribution in [0.15, 0.2) is 53.3 Å². The maximum atomic E-state index is 13.0. The average molecular weight is 475 g/mol. The summed E-state index contributed by atoms with van der Waals surface area (Å²) in [5, 5.41) is 13.5. The highest BCUT2D eigenvalue weighted by molar-refractivity contribution is 5.80. The largest absolute Gasteiger partial charge is 0.497 e. The van der Waals surface area contributed by atoms with E-state index in [4.69, 9.17) is 9.47 Å². The monoisotopic (exact) mass is 474 g/mol. The lowest BCUT2D eigenvalue weighted by atomic mass is 10.1. The van der Waals surface area contributed by atoms with Gasteiger partial charge in [-0.25, -0.2) is 4.68 Å². The molecular formula is C26H30N6O3. The van der Waals surface area contributed by atoms with E-state index < -0.39 is 0 Å². The molecule has 2 heterocycles. The molecule has 182 valence electrons. The predicted octanol–water partition coefficient (Wildman–Crippen LogP) is 3.85. The zero-order chi connectivity index (χ0) is 24.2. The van der Waals surface area contributed by atoms with E-state index >= 15 is 0 Å². The molecule has 0 bridgehead atoms. The SMILES string of the molecule is COc1ccc(CN(Cc2cc3cc(OC)ccc3[nH]c2=O)Cc2nnnn2C2CCCC2)cc1. The summed E-state index contributed by atoms with van der Waals surface area (Å²) in [7, 11) is 3.30. The molecule has 35 heavy (non-hydrogen) atoms. The van der Waals surface area contributed by atoms with Crippen LogP contribution in [0.5, 0.6) is 11.5 Å². The van der Waals surface area contributed by atoms with Crippen molar-refractivity contribution in [3.63, 3.8) is 0 Å². The van der Waals surface area contributed by atoms with Gasteiger partial charge in [0.2, 0.25) is 0 Å². The highest BCUT2D eigenvalue weighted by atomic mass is 16.5. The lowest BCUT2D eigenvalue weighted by Crippen LogP contribution is -2.28. The van der Waals surface area contributed by atoms with E-state index in [1.807, 2.05) is 53.2 Å². The summed E-state index contributed by atoms with van der Waals surface area (Å²) in [6.07, 6.45) is 4.61. The van der Waals surface area contributed by atoms with Crippen LogP contribution in [-0.4, -0.2) is 44.3 Å². The molecule has 1 aliphatic rings. The summed E-state index contributed by atoms with van der Waals surface area (Å²) in [5.41, 5.74) is 2.48.